The second-order valence-corrected chi connectivity index (χ2v) is 8.14. The summed E-state index contributed by atoms with van der Waals surface area (Å²) in [7, 11) is 0. The van der Waals surface area contributed by atoms with Crippen molar-refractivity contribution in [3.63, 3.8) is 0 Å². The van der Waals surface area contributed by atoms with Crippen molar-refractivity contribution in [2.24, 2.45) is 0 Å². The van der Waals surface area contributed by atoms with Crippen LogP contribution in [-0.2, 0) is 4.79 Å². The fourth-order valence-corrected chi connectivity index (χ4v) is 4.49. The SMILES string of the molecule is CC(Sc1nc2ccccc2s1)C(=O)Nc1ccc([N+](=O)[O-])cc1Cl. The van der Waals surface area contributed by atoms with Crippen molar-refractivity contribution < 1.29 is 9.72 Å². The van der Waals surface area contributed by atoms with Gasteiger partial charge in [-0.25, -0.2) is 4.98 Å². The minimum absolute atomic E-state index is 0.125. The standard InChI is InChI=1S/C16H12ClN3O3S2/c1-9(24-16-19-13-4-2-3-5-14(13)25-16)15(21)18-12-7-6-10(20(22)23)8-11(12)17/h2-9H,1H3,(H,18,21). The lowest BCUT2D eigenvalue weighted by atomic mass is 10.2. The normalized spacial score (nSPS) is 12.1. The third-order valence-corrected chi connectivity index (χ3v) is 5.89. The fraction of sp³-hybridized carbons (Fsp3) is 0.125. The monoisotopic (exact) mass is 393 g/mol. The van der Waals surface area contributed by atoms with Crippen LogP contribution in [0.25, 0.3) is 10.2 Å². The Bertz CT molecular complexity index is 928. The summed E-state index contributed by atoms with van der Waals surface area (Å²) in [6, 6.07) is 11.7. The first-order chi connectivity index (χ1) is 11.9. The van der Waals surface area contributed by atoms with Crippen LogP contribution in [0.2, 0.25) is 5.02 Å². The molecule has 0 aliphatic carbocycles. The van der Waals surface area contributed by atoms with E-state index in [1.807, 2.05) is 24.3 Å². The van der Waals surface area contributed by atoms with E-state index in [0.717, 1.165) is 14.6 Å². The molecule has 1 unspecified atom stereocenters. The topological polar surface area (TPSA) is 85.1 Å². The number of rotatable bonds is 5. The number of hydrogen-bond acceptors (Lipinski definition) is 6. The number of amides is 1. The summed E-state index contributed by atoms with van der Waals surface area (Å²) >= 11 is 8.88. The molecule has 0 radical (unpaired) electrons. The van der Waals surface area contributed by atoms with Gasteiger partial charge in [-0.15, -0.1) is 11.3 Å². The number of non-ortho nitro benzene ring substituents is 1. The molecule has 0 saturated heterocycles. The number of fused-ring (bicyclic) bond motifs is 1. The summed E-state index contributed by atoms with van der Waals surface area (Å²) in [4.78, 5) is 27.0. The van der Waals surface area contributed by atoms with Gasteiger partial charge in [-0.05, 0) is 25.1 Å². The second kappa shape index (κ2) is 7.38. The Kier molecular flexibility index (Phi) is 5.22. The number of nitrogens with zero attached hydrogens (tertiary/aromatic N) is 2. The largest absolute Gasteiger partial charge is 0.324 e. The molecule has 3 rings (SSSR count). The molecule has 0 spiro atoms. The number of halogens is 1. The molecule has 3 aromatic rings. The van der Waals surface area contributed by atoms with Crippen molar-refractivity contribution in [2.75, 3.05) is 5.32 Å². The zero-order valence-electron chi connectivity index (χ0n) is 12.9. The highest BCUT2D eigenvalue weighted by Gasteiger charge is 2.19. The molecular weight excluding hydrogens is 382 g/mol. The van der Waals surface area contributed by atoms with Gasteiger partial charge in [0, 0.05) is 12.1 Å². The number of anilines is 1. The predicted molar refractivity (Wildman–Crippen MR) is 102 cm³/mol. The molecule has 6 nitrogen and oxygen atoms in total. The number of carbonyl (C=O) groups excluding carboxylic acids is 1. The molecule has 1 amide bonds. The first-order valence-corrected chi connectivity index (χ1v) is 9.28. The average Bonchev–Trinajstić information content (AvgIpc) is 2.98. The minimum Gasteiger partial charge on any atom is -0.324 e. The highest BCUT2D eigenvalue weighted by atomic mass is 35.5. The molecule has 1 heterocycles. The maximum Gasteiger partial charge on any atom is 0.271 e. The van der Waals surface area contributed by atoms with E-state index in [9.17, 15) is 14.9 Å². The van der Waals surface area contributed by atoms with Crippen LogP contribution in [-0.4, -0.2) is 21.1 Å². The Balaban J connectivity index is 1.69. The van der Waals surface area contributed by atoms with E-state index >= 15 is 0 Å². The summed E-state index contributed by atoms with van der Waals surface area (Å²) in [5.41, 5.74) is 1.12. The van der Waals surface area contributed by atoms with Crippen LogP contribution in [0.1, 0.15) is 6.92 Å². The van der Waals surface area contributed by atoms with E-state index in [1.54, 1.807) is 6.92 Å². The molecule has 0 aliphatic rings. The van der Waals surface area contributed by atoms with Crippen molar-refractivity contribution in [2.45, 2.75) is 16.5 Å². The van der Waals surface area contributed by atoms with E-state index in [1.165, 1.54) is 41.3 Å². The van der Waals surface area contributed by atoms with Gasteiger partial charge in [-0.3, -0.25) is 14.9 Å². The first kappa shape index (κ1) is 17.7. The van der Waals surface area contributed by atoms with Gasteiger partial charge in [-0.1, -0.05) is 35.5 Å². The van der Waals surface area contributed by atoms with Crippen LogP contribution in [0.3, 0.4) is 0 Å². The van der Waals surface area contributed by atoms with E-state index in [0.29, 0.717) is 5.69 Å². The summed E-state index contributed by atoms with van der Waals surface area (Å²) in [5, 5.41) is 13.1. The number of benzene rings is 2. The molecule has 0 fully saturated rings. The lowest BCUT2D eigenvalue weighted by Crippen LogP contribution is -2.22. The molecule has 0 aliphatic heterocycles. The van der Waals surface area contributed by atoms with Crippen LogP contribution in [0.15, 0.2) is 46.8 Å². The number of hydrogen-bond donors (Lipinski definition) is 1. The fourth-order valence-electron chi connectivity index (χ4n) is 2.06. The first-order valence-electron chi connectivity index (χ1n) is 7.21. The molecule has 128 valence electrons. The average molecular weight is 394 g/mol. The van der Waals surface area contributed by atoms with Crippen molar-refractivity contribution in [1.29, 1.82) is 0 Å². The number of carbonyl (C=O) groups is 1. The molecule has 1 atom stereocenters. The van der Waals surface area contributed by atoms with Gasteiger partial charge in [-0.2, -0.15) is 0 Å². The lowest BCUT2D eigenvalue weighted by molar-refractivity contribution is -0.384. The molecule has 1 N–H and O–H groups in total. The molecule has 2 aromatic carbocycles. The van der Waals surface area contributed by atoms with Gasteiger partial charge in [0.15, 0.2) is 4.34 Å². The summed E-state index contributed by atoms with van der Waals surface area (Å²) in [6.07, 6.45) is 0. The van der Waals surface area contributed by atoms with Gasteiger partial charge in [0.25, 0.3) is 5.69 Å². The number of nitro benzene ring substituents is 1. The lowest BCUT2D eigenvalue weighted by Gasteiger charge is -2.11. The summed E-state index contributed by atoms with van der Waals surface area (Å²) in [6.45, 7) is 1.77. The molecular formula is C16H12ClN3O3S2. The van der Waals surface area contributed by atoms with Gasteiger partial charge in [0.05, 0.1) is 31.1 Å². The Morgan fingerprint density at radius 1 is 1.36 bits per heavy atom. The quantitative estimate of drug-likeness (QED) is 0.375. The number of thioether (sulfide) groups is 1. The maximum atomic E-state index is 12.4. The van der Waals surface area contributed by atoms with Gasteiger partial charge in [0.2, 0.25) is 5.91 Å². The van der Waals surface area contributed by atoms with Crippen LogP contribution < -0.4 is 5.32 Å². The molecule has 0 saturated carbocycles. The highest BCUT2D eigenvalue weighted by molar-refractivity contribution is 8.02. The Morgan fingerprint density at radius 2 is 2.12 bits per heavy atom. The van der Waals surface area contributed by atoms with Crippen LogP contribution in [0.4, 0.5) is 11.4 Å². The van der Waals surface area contributed by atoms with Crippen molar-refractivity contribution in [1.82, 2.24) is 4.98 Å². The molecule has 9 heteroatoms. The number of aromatic nitrogens is 1. The van der Waals surface area contributed by atoms with E-state index in [4.69, 9.17) is 11.6 Å². The second-order valence-electron chi connectivity index (χ2n) is 5.12. The molecule has 0 bridgehead atoms. The van der Waals surface area contributed by atoms with Gasteiger partial charge >= 0.3 is 0 Å². The summed E-state index contributed by atoms with van der Waals surface area (Å²) in [5.74, 6) is -0.250. The van der Waals surface area contributed by atoms with Crippen LogP contribution in [0, 0.1) is 10.1 Å². The van der Waals surface area contributed by atoms with Crippen LogP contribution >= 0.6 is 34.7 Å². The Hall–Kier alpha value is -2.16. The van der Waals surface area contributed by atoms with E-state index in [2.05, 4.69) is 10.3 Å². The number of para-hydroxylation sites is 1. The third kappa shape index (κ3) is 4.09. The molecule has 25 heavy (non-hydrogen) atoms. The number of nitrogens with one attached hydrogen (secondary N) is 1. The van der Waals surface area contributed by atoms with Crippen LogP contribution in [0.5, 0.6) is 0 Å². The number of nitro groups is 1. The zero-order chi connectivity index (χ0) is 18.0. The predicted octanol–water partition coefficient (Wildman–Crippen LogP) is 4.98. The smallest absolute Gasteiger partial charge is 0.271 e. The van der Waals surface area contributed by atoms with Crippen molar-refractivity contribution >= 4 is 62.2 Å². The van der Waals surface area contributed by atoms with Gasteiger partial charge < -0.3 is 5.32 Å². The van der Waals surface area contributed by atoms with Crippen molar-refractivity contribution in [3.05, 3.63) is 57.6 Å². The summed E-state index contributed by atoms with van der Waals surface area (Å²) < 4.78 is 1.87. The van der Waals surface area contributed by atoms with Crippen molar-refractivity contribution in [3.8, 4) is 0 Å². The zero-order valence-corrected chi connectivity index (χ0v) is 15.3. The number of thiazole rings is 1. The maximum absolute atomic E-state index is 12.4. The van der Waals surface area contributed by atoms with E-state index in [-0.39, 0.29) is 16.6 Å². The van der Waals surface area contributed by atoms with Gasteiger partial charge in [0.1, 0.15) is 0 Å². The Morgan fingerprint density at radius 3 is 2.80 bits per heavy atom. The third-order valence-electron chi connectivity index (χ3n) is 3.34. The Labute approximate surface area is 156 Å². The highest BCUT2D eigenvalue weighted by Crippen LogP contribution is 2.33. The minimum atomic E-state index is -0.539. The van der Waals surface area contributed by atoms with E-state index < -0.39 is 10.2 Å². The molecule has 1 aromatic heterocycles.